The molecule has 5 rings (SSSR count). The maximum atomic E-state index is 13.0. The van der Waals surface area contributed by atoms with Crippen molar-refractivity contribution in [3.63, 3.8) is 0 Å². The lowest BCUT2D eigenvalue weighted by atomic mass is 9.54. The summed E-state index contributed by atoms with van der Waals surface area (Å²) in [5.41, 5.74) is 0.754. The van der Waals surface area contributed by atoms with Crippen LogP contribution in [0.4, 0.5) is 0 Å². The Morgan fingerprint density at radius 3 is 2.14 bits per heavy atom. The first-order valence-electron chi connectivity index (χ1n) is 8.73. The molecule has 4 aliphatic rings. The molecule has 0 saturated heterocycles. The molecule has 0 radical (unpaired) electrons. The van der Waals surface area contributed by atoms with E-state index in [0.29, 0.717) is 24.4 Å². The van der Waals surface area contributed by atoms with Crippen molar-refractivity contribution in [3.05, 3.63) is 35.9 Å². The molecule has 4 saturated carbocycles. The third kappa shape index (κ3) is 2.36. The molecule has 0 aromatic heterocycles. The van der Waals surface area contributed by atoms with Crippen molar-refractivity contribution in [1.29, 1.82) is 0 Å². The molecule has 0 aliphatic heterocycles. The minimum atomic E-state index is 0.0569. The van der Waals surface area contributed by atoms with E-state index < -0.39 is 0 Å². The van der Waals surface area contributed by atoms with Crippen LogP contribution in [0.15, 0.2) is 30.3 Å². The van der Waals surface area contributed by atoms with Crippen LogP contribution in [0.25, 0.3) is 0 Å². The van der Waals surface area contributed by atoms with Crippen molar-refractivity contribution in [3.8, 4) is 0 Å². The Hall–Kier alpha value is -1.35. The number of amides is 1. The Balaban J connectivity index is 1.61. The van der Waals surface area contributed by atoms with Crippen LogP contribution < -0.4 is 0 Å². The molecule has 0 atom stereocenters. The Morgan fingerprint density at radius 2 is 1.59 bits per heavy atom. The van der Waals surface area contributed by atoms with E-state index in [9.17, 15) is 9.90 Å². The molecule has 0 spiro atoms. The first kappa shape index (κ1) is 14.3. The minimum Gasteiger partial charge on any atom is -0.395 e. The van der Waals surface area contributed by atoms with Gasteiger partial charge in [0.05, 0.1) is 6.61 Å². The number of nitrogens with zero attached hydrogens (tertiary/aromatic N) is 1. The van der Waals surface area contributed by atoms with Crippen LogP contribution in [-0.4, -0.2) is 35.1 Å². The highest BCUT2D eigenvalue weighted by atomic mass is 16.3. The summed E-state index contributed by atoms with van der Waals surface area (Å²) < 4.78 is 0. The number of aliphatic hydroxyl groups excluding tert-OH is 1. The fraction of sp³-hybridized carbons (Fsp3) is 0.632. The second-order valence-electron chi connectivity index (χ2n) is 7.51. The Kier molecular flexibility index (Phi) is 3.69. The molecule has 4 fully saturated rings. The van der Waals surface area contributed by atoms with Crippen molar-refractivity contribution >= 4 is 5.91 Å². The average Bonchev–Trinajstić information content (AvgIpc) is 2.53. The molecule has 1 aromatic carbocycles. The molecular weight excluding hydrogens is 274 g/mol. The number of carbonyl (C=O) groups is 1. The highest BCUT2D eigenvalue weighted by molar-refractivity contribution is 5.94. The van der Waals surface area contributed by atoms with Gasteiger partial charge in [-0.25, -0.2) is 0 Å². The van der Waals surface area contributed by atoms with Gasteiger partial charge >= 0.3 is 0 Å². The van der Waals surface area contributed by atoms with Gasteiger partial charge in [-0.3, -0.25) is 4.79 Å². The second-order valence-corrected chi connectivity index (χ2v) is 7.51. The summed E-state index contributed by atoms with van der Waals surface area (Å²) in [6, 6.07) is 9.91. The zero-order valence-corrected chi connectivity index (χ0v) is 13.0. The molecule has 1 amide bonds. The van der Waals surface area contributed by atoms with Gasteiger partial charge in [-0.2, -0.15) is 0 Å². The van der Waals surface area contributed by atoms with E-state index in [2.05, 4.69) is 0 Å². The summed E-state index contributed by atoms with van der Waals surface area (Å²) in [6.45, 7) is 0.530. The molecule has 4 bridgehead atoms. The quantitative estimate of drug-likeness (QED) is 0.928. The van der Waals surface area contributed by atoms with Crippen molar-refractivity contribution in [2.24, 2.45) is 23.7 Å². The third-order valence-corrected chi connectivity index (χ3v) is 6.16. The molecule has 0 heterocycles. The molecule has 3 nitrogen and oxygen atoms in total. The smallest absolute Gasteiger partial charge is 0.254 e. The van der Waals surface area contributed by atoms with E-state index in [0.717, 1.165) is 17.4 Å². The molecular formula is C19H25NO2. The van der Waals surface area contributed by atoms with Crippen molar-refractivity contribution < 1.29 is 9.90 Å². The van der Waals surface area contributed by atoms with E-state index in [4.69, 9.17) is 0 Å². The van der Waals surface area contributed by atoms with Gasteiger partial charge in [0, 0.05) is 18.2 Å². The summed E-state index contributed by atoms with van der Waals surface area (Å²) in [7, 11) is 0. The first-order chi connectivity index (χ1) is 10.8. The van der Waals surface area contributed by atoms with Gasteiger partial charge in [-0.05, 0) is 67.9 Å². The van der Waals surface area contributed by atoms with Crippen LogP contribution in [0.1, 0.15) is 42.5 Å². The maximum Gasteiger partial charge on any atom is 0.254 e. The molecule has 1 aromatic rings. The van der Waals surface area contributed by atoms with Gasteiger partial charge in [-0.1, -0.05) is 18.2 Å². The summed E-state index contributed by atoms with van der Waals surface area (Å²) in [5, 5.41) is 9.49. The van der Waals surface area contributed by atoms with Crippen LogP contribution in [-0.2, 0) is 0 Å². The Morgan fingerprint density at radius 1 is 1.00 bits per heavy atom. The standard InChI is InChI=1S/C19H25NO2/c21-7-6-20(19(22)15-4-2-1-3-5-15)18-16-9-13-8-14(11-16)12-17(18)10-13/h1-5,13-14,16-18,21H,6-12H2. The molecule has 3 heteroatoms. The molecule has 118 valence electrons. The number of hydrogen-bond acceptors (Lipinski definition) is 2. The van der Waals surface area contributed by atoms with E-state index in [1.54, 1.807) is 0 Å². The van der Waals surface area contributed by atoms with E-state index in [1.165, 1.54) is 32.1 Å². The predicted molar refractivity (Wildman–Crippen MR) is 85.4 cm³/mol. The summed E-state index contributed by atoms with van der Waals surface area (Å²) in [4.78, 5) is 15.0. The highest BCUT2D eigenvalue weighted by Crippen LogP contribution is 2.55. The number of aliphatic hydroxyl groups is 1. The normalized spacial score (nSPS) is 35.6. The lowest BCUT2D eigenvalue weighted by Crippen LogP contribution is -2.58. The Labute approximate surface area is 132 Å². The van der Waals surface area contributed by atoms with Gasteiger partial charge in [-0.15, -0.1) is 0 Å². The lowest BCUT2D eigenvalue weighted by molar-refractivity contribution is -0.0581. The zero-order valence-electron chi connectivity index (χ0n) is 13.0. The molecule has 4 aliphatic carbocycles. The fourth-order valence-corrected chi connectivity index (χ4v) is 5.65. The van der Waals surface area contributed by atoms with Crippen LogP contribution in [0.3, 0.4) is 0 Å². The molecule has 22 heavy (non-hydrogen) atoms. The van der Waals surface area contributed by atoms with Gasteiger partial charge in [0.25, 0.3) is 5.91 Å². The van der Waals surface area contributed by atoms with Gasteiger partial charge < -0.3 is 10.0 Å². The lowest BCUT2D eigenvalue weighted by Gasteiger charge is -2.57. The fourth-order valence-electron chi connectivity index (χ4n) is 5.65. The second kappa shape index (κ2) is 5.69. The monoisotopic (exact) mass is 299 g/mol. The first-order valence-corrected chi connectivity index (χ1v) is 8.73. The summed E-state index contributed by atoms with van der Waals surface area (Å²) in [5.74, 6) is 3.24. The number of carbonyl (C=O) groups excluding carboxylic acids is 1. The van der Waals surface area contributed by atoms with Crippen LogP contribution in [0.5, 0.6) is 0 Å². The zero-order chi connectivity index (χ0) is 15.1. The van der Waals surface area contributed by atoms with Crippen molar-refractivity contribution in [1.82, 2.24) is 4.90 Å². The SMILES string of the molecule is O=C(c1ccccc1)N(CCO)C1C2CC3CC(C2)CC1C3. The van der Waals surface area contributed by atoms with Crippen molar-refractivity contribution in [2.45, 2.75) is 38.1 Å². The maximum absolute atomic E-state index is 13.0. The number of benzene rings is 1. The summed E-state index contributed by atoms with van der Waals surface area (Å²) >= 11 is 0. The number of rotatable bonds is 4. The summed E-state index contributed by atoms with van der Waals surface area (Å²) in [6.07, 6.45) is 6.60. The largest absolute Gasteiger partial charge is 0.395 e. The van der Waals surface area contributed by atoms with Crippen LogP contribution in [0, 0.1) is 23.7 Å². The molecule has 0 unspecified atom stereocenters. The minimum absolute atomic E-state index is 0.0569. The molecule has 1 N–H and O–H groups in total. The third-order valence-electron chi connectivity index (χ3n) is 6.16. The van der Waals surface area contributed by atoms with Gasteiger partial charge in [0.2, 0.25) is 0 Å². The van der Waals surface area contributed by atoms with Gasteiger partial charge in [0.15, 0.2) is 0 Å². The van der Waals surface area contributed by atoms with Gasteiger partial charge in [0.1, 0.15) is 0 Å². The predicted octanol–water partition coefficient (Wildman–Crippen LogP) is 2.95. The van der Waals surface area contributed by atoms with Crippen molar-refractivity contribution in [2.75, 3.05) is 13.2 Å². The topological polar surface area (TPSA) is 40.5 Å². The average molecular weight is 299 g/mol. The number of hydrogen-bond donors (Lipinski definition) is 1. The van der Waals surface area contributed by atoms with Crippen LogP contribution in [0.2, 0.25) is 0 Å². The van der Waals surface area contributed by atoms with Crippen LogP contribution >= 0.6 is 0 Å². The van der Waals surface area contributed by atoms with E-state index >= 15 is 0 Å². The Bertz CT molecular complexity index is 514. The van der Waals surface area contributed by atoms with E-state index in [1.807, 2.05) is 35.2 Å². The highest BCUT2D eigenvalue weighted by Gasteiger charge is 2.50. The van der Waals surface area contributed by atoms with E-state index in [-0.39, 0.29) is 12.5 Å².